The maximum Gasteiger partial charge on any atom is 0.0612 e. The van der Waals surface area contributed by atoms with Crippen molar-refractivity contribution in [1.82, 2.24) is 4.90 Å². The molecule has 1 aromatic carbocycles. The smallest absolute Gasteiger partial charge is 0.0612 e. The molecule has 1 N–H and O–H groups in total. The standard InChI is InChI=1S/C17H25NO/c1-18(11-5-8-13-6-3-2-4-7-13)16-12-14-9-10-15(16)17(14)19/h2-4,6-7,14-17,19H,5,8-12H2,1H3. The number of aliphatic hydroxyl groups excluding tert-OH is 1. The van der Waals surface area contributed by atoms with Crippen LogP contribution in [-0.4, -0.2) is 35.7 Å². The van der Waals surface area contributed by atoms with E-state index in [2.05, 4.69) is 42.3 Å². The highest BCUT2D eigenvalue weighted by molar-refractivity contribution is 5.14. The number of hydrogen-bond acceptors (Lipinski definition) is 2. The van der Waals surface area contributed by atoms with Gasteiger partial charge in [0.25, 0.3) is 0 Å². The summed E-state index contributed by atoms with van der Waals surface area (Å²) in [5, 5.41) is 10.1. The van der Waals surface area contributed by atoms with E-state index in [0.717, 1.165) is 13.0 Å². The van der Waals surface area contributed by atoms with E-state index < -0.39 is 0 Å². The van der Waals surface area contributed by atoms with E-state index in [-0.39, 0.29) is 6.10 Å². The van der Waals surface area contributed by atoms with Crippen molar-refractivity contribution in [3.05, 3.63) is 35.9 Å². The van der Waals surface area contributed by atoms with Crippen molar-refractivity contribution in [2.75, 3.05) is 13.6 Å². The number of hydrogen-bond donors (Lipinski definition) is 1. The summed E-state index contributed by atoms with van der Waals surface area (Å²) in [6.07, 6.45) is 6.06. The van der Waals surface area contributed by atoms with Crippen molar-refractivity contribution in [2.24, 2.45) is 11.8 Å². The molecule has 4 atom stereocenters. The van der Waals surface area contributed by atoms with E-state index in [0.29, 0.717) is 17.9 Å². The van der Waals surface area contributed by atoms with Crippen LogP contribution in [0.4, 0.5) is 0 Å². The lowest BCUT2D eigenvalue weighted by atomic mass is 9.94. The summed E-state index contributed by atoms with van der Waals surface area (Å²) < 4.78 is 0. The Kier molecular flexibility index (Phi) is 3.90. The lowest BCUT2D eigenvalue weighted by Crippen LogP contribution is -2.38. The predicted molar refractivity (Wildman–Crippen MR) is 78.0 cm³/mol. The van der Waals surface area contributed by atoms with Crippen LogP contribution >= 0.6 is 0 Å². The van der Waals surface area contributed by atoms with Crippen LogP contribution in [0.1, 0.15) is 31.2 Å². The van der Waals surface area contributed by atoms with Crippen molar-refractivity contribution < 1.29 is 5.11 Å². The molecule has 0 aliphatic heterocycles. The van der Waals surface area contributed by atoms with Crippen LogP contribution in [0.3, 0.4) is 0 Å². The Morgan fingerprint density at radius 3 is 2.63 bits per heavy atom. The Hall–Kier alpha value is -0.860. The van der Waals surface area contributed by atoms with Gasteiger partial charge in [-0.3, -0.25) is 0 Å². The maximum absolute atomic E-state index is 10.1. The van der Waals surface area contributed by atoms with Gasteiger partial charge in [-0.05, 0) is 57.2 Å². The molecule has 2 aliphatic rings. The van der Waals surface area contributed by atoms with Gasteiger partial charge in [-0.15, -0.1) is 0 Å². The van der Waals surface area contributed by atoms with Gasteiger partial charge >= 0.3 is 0 Å². The second kappa shape index (κ2) is 5.64. The lowest BCUT2D eigenvalue weighted by Gasteiger charge is -2.31. The molecule has 0 radical (unpaired) electrons. The van der Waals surface area contributed by atoms with Crippen molar-refractivity contribution in [3.8, 4) is 0 Å². The van der Waals surface area contributed by atoms with Crippen LogP contribution in [0.15, 0.2) is 30.3 Å². The molecule has 0 aromatic heterocycles. The Bertz CT molecular complexity index is 405. The third-order valence-corrected chi connectivity index (χ3v) is 5.22. The highest BCUT2D eigenvalue weighted by Gasteiger charge is 2.48. The first-order valence-corrected chi connectivity index (χ1v) is 7.68. The van der Waals surface area contributed by atoms with Gasteiger partial charge in [-0.2, -0.15) is 0 Å². The zero-order chi connectivity index (χ0) is 13.2. The van der Waals surface area contributed by atoms with Crippen molar-refractivity contribution in [3.63, 3.8) is 0 Å². The summed E-state index contributed by atoms with van der Waals surface area (Å²) in [5.41, 5.74) is 1.43. The number of rotatable bonds is 5. The Morgan fingerprint density at radius 1 is 1.21 bits per heavy atom. The topological polar surface area (TPSA) is 23.5 Å². The third-order valence-electron chi connectivity index (χ3n) is 5.22. The van der Waals surface area contributed by atoms with Crippen LogP contribution in [0.2, 0.25) is 0 Å². The maximum atomic E-state index is 10.1. The van der Waals surface area contributed by atoms with Gasteiger partial charge < -0.3 is 10.0 Å². The molecule has 0 spiro atoms. The van der Waals surface area contributed by atoms with Gasteiger partial charge in [-0.25, -0.2) is 0 Å². The fraction of sp³-hybridized carbons (Fsp3) is 0.647. The lowest BCUT2D eigenvalue weighted by molar-refractivity contribution is 0.104. The molecular weight excluding hydrogens is 234 g/mol. The minimum absolute atomic E-state index is 0.0124. The van der Waals surface area contributed by atoms with E-state index in [1.54, 1.807) is 0 Å². The molecule has 2 bridgehead atoms. The first-order chi connectivity index (χ1) is 9.25. The van der Waals surface area contributed by atoms with E-state index in [1.807, 2.05) is 0 Å². The van der Waals surface area contributed by atoms with Gasteiger partial charge in [-0.1, -0.05) is 30.3 Å². The first-order valence-electron chi connectivity index (χ1n) is 7.68. The van der Waals surface area contributed by atoms with Gasteiger partial charge in [0, 0.05) is 12.0 Å². The highest BCUT2D eigenvalue weighted by atomic mass is 16.3. The fourth-order valence-electron chi connectivity index (χ4n) is 4.11. The number of nitrogens with zero attached hydrogens (tertiary/aromatic N) is 1. The highest BCUT2D eigenvalue weighted by Crippen LogP contribution is 2.46. The molecule has 0 amide bonds. The van der Waals surface area contributed by atoms with E-state index in [1.165, 1.54) is 31.2 Å². The number of aliphatic hydroxyl groups is 1. The summed E-state index contributed by atoms with van der Waals surface area (Å²) in [6, 6.07) is 11.4. The molecule has 19 heavy (non-hydrogen) atoms. The Morgan fingerprint density at radius 2 is 2.00 bits per heavy atom. The first kappa shape index (κ1) is 13.1. The van der Waals surface area contributed by atoms with Crippen LogP contribution in [0.25, 0.3) is 0 Å². The van der Waals surface area contributed by atoms with Crippen LogP contribution in [0.5, 0.6) is 0 Å². The molecule has 2 aliphatic carbocycles. The number of benzene rings is 1. The minimum atomic E-state index is -0.0124. The SMILES string of the molecule is CN(CCCc1ccccc1)C1CC2CCC1C2O. The van der Waals surface area contributed by atoms with E-state index in [4.69, 9.17) is 0 Å². The zero-order valence-electron chi connectivity index (χ0n) is 11.8. The molecule has 0 heterocycles. The molecule has 4 unspecified atom stereocenters. The monoisotopic (exact) mass is 259 g/mol. The van der Waals surface area contributed by atoms with Crippen molar-refractivity contribution >= 4 is 0 Å². The van der Waals surface area contributed by atoms with Gasteiger partial charge in [0.15, 0.2) is 0 Å². The quantitative estimate of drug-likeness (QED) is 0.879. The molecule has 2 saturated carbocycles. The molecule has 0 saturated heterocycles. The van der Waals surface area contributed by atoms with Crippen LogP contribution in [0, 0.1) is 11.8 Å². The normalized spacial score (nSPS) is 33.2. The van der Waals surface area contributed by atoms with Crippen LogP contribution in [-0.2, 0) is 6.42 Å². The Labute approximate surface area is 116 Å². The largest absolute Gasteiger partial charge is 0.392 e. The molecule has 2 fully saturated rings. The van der Waals surface area contributed by atoms with Gasteiger partial charge in [0.1, 0.15) is 0 Å². The molecule has 104 valence electrons. The molecule has 2 nitrogen and oxygen atoms in total. The summed E-state index contributed by atoms with van der Waals surface area (Å²) in [6.45, 7) is 1.15. The average molecular weight is 259 g/mol. The fourth-order valence-corrected chi connectivity index (χ4v) is 4.11. The third kappa shape index (κ3) is 2.70. The van der Waals surface area contributed by atoms with Gasteiger partial charge in [0.05, 0.1) is 6.10 Å². The zero-order valence-corrected chi connectivity index (χ0v) is 11.8. The van der Waals surface area contributed by atoms with E-state index >= 15 is 0 Å². The summed E-state index contributed by atoms with van der Waals surface area (Å²) in [4.78, 5) is 2.50. The van der Waals surface area contributed by atoms with E-state index in [9.17, 15) is 5.11 Å². The average Bonchev–Trinajstić information content (AvgIpc) is 2.95. The molecule has 3 rings (SSSR count). The second-order valence-corrected chi connectivity index (χ2v) is 6.36. The number of fused-ring (bicyclic) bond motifs is 2. The summed E-state index contributed by atoms with van der Waals surface area (Å²) in [5.74, 6) is 1.14. The van der Waals surface area contributed by atoms with Crippen LogP contribution < -0.4 is 0 Å². The predicted octanol–water partition coefficient (Wildman–Crippen LogP) is 2.71. The second-order valence-electron chi connectivity index (χ2n) is 6.36. The molecule has 1 aromatic rings. The number of aryl methyl sites for hydroxylation is 1. The molecule has 2 heteroatoms. The van der Waals surface area contributed by atoms with Gasteiger partial charge in [0.2, 0.25) is 0 Å². The summed E-state index contributed by atoms with van der Waals surface area (Å²) in [7, 11) is 2.24. The molecular formula is C17H25NO. The summed E-state index contributed by atoms with van der Waals surface area (Å²) >= 11 is 0. The minimum Gasteiger partial charge on any atom is -0.392 e. The van der Waals surface area contributed by atoms with Crippen molar-refractivity contribution in [2.45, 2.75) is 44.2 Å². The van der Waals surface area contributed by atoms with Crippen molar-refractivity contribution in [1.29, 1.82) is 0 Å². The Balaban J connectivity index is 1.46.